The third-order valence-corrected chi connectivity index (χ3v) is 8.93. The van der Waals surface area contributed by atoms with Gasteiger partial charge in [0.25, 0.3) is 10.1 Å². The van der Waals surface area contributed by atoms with Crippen LogP contribution < -0.4 is 14.4 Å². The van der Waals surface area contributed by atoms with Gasteiger partial charge < -0.3 is 19.1 Å². The highest BCUT2D eigenvalue weighted by Crippen LogP contribution is 2.30. The first kappa shape index (κ1) is 30.8. The lowest BCUT2D eigenvalue weighted by Crippen LogP contribution is -2.26. The van der Waals surface area contributed by atoms with Crippen molar-refractivity contribution in [2.24, 2.45) is 0 Å². The molecule has 2 atom stereocenters. The van der Waals surface area contributed by atoms with E-state index in [9.17, 15) is 8.42 Å². The second-order valence-electron chi connectivity index (χ2n) is 10.6. The summed E-state index contributed by atoms with van der Waals surface area (Å²) >= 11 is 0. The molecular formula is C34H40N2O6S. The summed E-state index contributed by atoms with van der Waals surface area (Å²) in [5, 5.41) is 0.951. The average Bonchev–Trinajstić information content (AvgIpc) is 3.02. The van der Waals surface area contributed by atoms with Crippen molar-refractivity contribution in [1.29, 1.82) is 0 Å². The summed E-state index contributed by atoms with van der Waals surface area (Å²) in [6, 6.07) is 22.6. The van der Waals surface area contributed by atoms with E-state index in [-0.39, 0.29) is 11.2 Å². The molecule has 2 unspecified atom stereocenters. The fourth-order valence-electron chi connectivity index (χ4n) is 5.09. The third kappa shape index (κ3) is 7.47. The molecule has 1 saturated heterocycles. The van der Waals surface area contributed by atoms with Gasteiger partial charge in [0.15, 0.2) is 6.29 Å². The minimum Gasteiger partial charge on any atom is -0.465 e. The van der Waals surface area contributed by atoms with E-state index >= 15 is 0 Å². The van der Waals surface area contributed by atoms with Crippen LogP contribution in [0.3, 0.4) is 0 Å². The molecule has 2 heterocycles. The van der Waals surface area contributed by atoms with Crippen molar-refractivity contribution in [3.63, 3.8) is 0 Å². The Kier molecular flexibility index (Phi) is 9.85. The van der Waals surface area contributed by atoms with E-state index in [1.54, 1.807) is 12.1 Å². The molecule has 0 bridgehead atoms. The summed E-state index contributed by atoms with van der Waals surface area (Å²) in [6.07, 6.45) is 1.69. The average molecular weight is 605 g/mol. The molecule has 0 spiro atoms. The number of benzene rings is 3. The highest BCUT2D eigenvalue weighted by Gasteiger charge is 2.25. The van der Waals surface area contributed by atoms with Crippen molar-refractivity contribution < 1.29 is 26.8 Å². The summed E-state index contributed by atoms with van der Waals surface area (Å²) in [7, 11) is -4.14. The minimum absolute atomic E-state index is 0.00259. The molecule has 4 aromatic rings. The van der Waals surface area contributed by atoms with Crippen molar-refractivity contribution in [2.45, 2.75) is 70.9 Å². The first-order valence-corrected chi connectivity index (χ1v) is 16.5. The Morgan fingerprint density at radius 1 is 0.953 bits per heavy atom. The predicted molar refractivity (Wildman–Crippen MR) is 169 cm³/mol. The number of fused-ring (bicyclic) bond motifs is 1. The Hall–Kier alpha value is -3.66. The molecule has 0 radical (unpaired) electrons. The van der Waals surface area contributed by atoms with Crippen LogP contribution in [0.25, 0.3) is 22.2 Å². The summed E-state index contributed by atoms with van der Waals surface area (Å²) in [5.41, 5.74) is 4.60. The normalized spacial score (nSPS) is 16.1. The van der Waals surface area contributed by atoms with Crippen LogP contribution >= 0.6 is 0 Å². The van der Waals surface area contributed by atoms with Crippen molar-refractivity contribution in [3.05, 3.63) is 78.4 Å². The van der Waals surface area contributed by atoms with Gasteiger partial charge >= 0.3 is 0 Å². The van der Waals surface area contributed by atoms with Crippen molar-refractivity contribution >= 4 is 26.7 Å². The number of hydrogen-bond acceptors (Lipinski definition) is 8. The Labute approximate surface area is 254 Å². The van der Waals surface area contributed by atoms with Crippen LogP contribution in [0.15, 0.2) is 77.7 Å². The van der Waals surface area contributed by atoms with Crippen LogP contribution in [0.4, 0.5) is 5.69 Å². The molecule has 1 aliphatic rings. The lowest BCUT2D eigenvalue weighted by atomic mass is 10.1. The van der Waals surface area contributed by atoms with E-state index in [1.807, 2.05) is 38.1 Å². The fraction of sp³-hybridized carbons (Fsp3) is 0.382. The number of rotatable bonds is 12. The summed E-state index contributed by atoms with van der Waals surface area (Å²) in [6.45, 7) is 10.5. The van der Waals surface area contributed by atoms with E-state index in [0.29, 0.717) is 24.5 Å². The highest BCUT2D eigenvalue weighted by molar-refractivity contribution is 7.86. The minimum atomic E-state index is -4.14. The zero-order valence-corrected chi connectivity index (χ0v) is 26.1. The van der Waals surface area contributed by atoms with Gasteiger partial charge in [-0.2, -0.15) is 8.42 Å². The third-order valence-electron chi connectivity index (χ3n) is 7.63. The number of hydrogen-bond donors (Lipinski definition) is 0. The molecule has 0 saturated carbocycles. The maximum Gasteiger partial charge on any atom is 0.300 e. The maximum atomic E-state index is 13.3. The number of anilines is 1. The van der Waals surface area contributed by atoms with Crippen LogP contribution in [0.2, 0.25) is 0 Å². The molecule has 0 aliphatic carbocycles. The largest absolute Gasteiger partial charge is 0.465 e. The van der Waals surface area contributed by atoms with Gasteiger partial charge in [-0.25, -0.2) is 9.17 Å². The summed E-state index contributed by atoms with van der Waals surface area (Å²) in [4.78, 5) is 7.17. The number of aryl methyl sites for hydroxylation is 1. The van der Waals surface area contributed by atoms with Gasteiger partial charge in [0.1, 0.15) is 11.5 Å². The highest BCUT2D eigenvalue weighted by atomic mass is 32.2. The Balaban J connectivity index is 1.31. The van der Waals surface area contributed by atoms with Gasteiger partial charge in [0.05, 0.1) is 22.7 Å². The maximum absolute atomic E-state index is 13.3. The van der Waals surface area contributed by atoms with Gasteiger partial charge in [0.2, 0.25) is 6.29 Å². The van der Waals surface area contributed by atoms with Crippen LogP contribution in [0.1, 0.15) is 52.0 Å². The van der Waals surface area contributed by atoms with Crippen molar-refractivity contribution in [3.8, 4) is 22.8 Å². The van der Waals surface area contributed by atoms with E-state index < -0.39 is 16.4 Å². The van der Waals surface area contributed by atoms with E-state index in [0.717, 1.165) is 60.1 Å². The first-order valence-electron chi connectivity index (χ1n) is 15.0. The lowest BCUT2D eigenvalue weighted by molar-refractivity contribution is -0.106. The summed E-state index contributed by atoms with van der Waals surface area (Å²) < 4.78 is 49.7. The predicted octanol–water partition coefficient (Wildman–Crippen LogP) is 7.48. The van der Waals surface area contributed by atoms with Gasteiger partial charge in [0, 0.05) is 54.7 Å². The standard InChI is InChI=1S/C34H40N2O6S/c1-5-33(42-43(37,38)29-19-11-24(4)32(23-29)41-34-10-8-9-21-39-34)40-28-18-14-26-15-20-30(35-31(26)22-28)25-12-16-27(17-13-25)36(6-2)7-3/h11-20,22-23,33-34H,5-10,21H2,1-4H3. The van der Waals surface area contributed by atoms with Crippen molar-refractivity contribution in [1.82, 2.24) is 4.98 Å². The number of ether oxygens (including phenoxy) is 3. The second-order valence-corrected chi connectivity index (χ2v) is 12.2. The summed E-state index contributed by atoms with van der Waals surface area (Å²) in [5.74, 6) is 0.933. The smallest absolute Gasteiger partial charge is 0.300 e. The van der Waals surface area contributed by atoms with Crippen LogP contribution in [0, 0.1) is 6.92 Å². The topological polar surface area (TPSA) is 87.2 Å². The zero-order chi connectivity index (χ0) is 30.4. The Bertz CT molecular complexity index is 1630. The van der Waals surface area contributed by atoms with Gasteiger partial charge in [-0.05, 0) is 75.6 Å². The number of aromatic nitrogens is 1. The Morgan fingerprint density at radius 3 is 2.42 bits per heavy atom. The van der Waals surface area contributed by atoms with Gasteiger partial charge in [-0.15, -0.1) is 0 Å². The monoisotopic (exact) mass is 604 g/mol. The van der Waals surface area contributed by atoms with Crippen molar-refractivity contribution in [2.75, 3.05) is 24.6 Å². The Morgan fingerprint density at radius 2 is 1.72 bits per heavy atom. The molecule has 0 amide bonds. The molecular weight excluding hydrogens is 564 g/mol. The molecule has 228 valence electrons. The molecule has 9 heteroatoms. The quantitative estimate of drug-likeness (QED) is 0.122. The fourth-order valence-corrected chi connectivity index (χ4v) is 6.15. The molecule has 1 fully saturated rings. The lowest BCUT2D eigenvalue weighted by Gasteiger charge is -2.24. The van der Waals surface area contributed by atoms with E-state index in [1.165, 1.54) is 17.8 Å². The van der Waals surface area contributed by atoms with Gasteiger partial charge in [-0.1, -0.05) is 31.2 Å². The molecule has 3 aromatic carbocycles. The van der Waals surface area contributed by atoms with Crippen LogP contribution in [-0.2, 0) is 19.0 Å². The number of nitrogens with zero attached hydrogens (tertiary/aromatic N) is 2. The van der Waals surface area contributed by atoms with E-state index in [4.69, 9.17) is 23.4 Å². The van der Waals surface area contributed by atoms with E-state index in [2.05, 4.69) is 43.0 Å². The molecule has 1 aromatic heterocycles. The molecule has 8 nitrogen and oxygen atoms in total. The van der Waals surface area contributed by atoms with Gasteiger partial charge in [-0.3, -0.25) is 0 Å². The first-order chi connectivity index (χ1) is 20.8. The van der Waals surface area contributed by atoms with Crippen LogP contribution in [-0.4, -0.2) is 45.7 Å². The molecule has 1 aliphatic heterocycles. The molecule has 43 heavy (non-hydrogen) atoms. The number of pyridine rings is 1. The second kappa shape index (κ2) is 13.8. The SMILES string of the molecule is CCC(Oc1ccc2ccc(-c3ccc(N(CC)CC)cc3)nc2c1)OS(=O)(=O)c1ccc(C)c(OC2CCCCO2)c1. The molecule has 5 rings (SSSR count). The van der Waals surface area contributed by atoms with Crippen LogP contribution in [0.5, 0.6) is 11.5 Å². The molecule has 0 N–H and O–H groups in total. The zero-order valence-electron chi connectivity index (χ0n) is 25.3.